The molecule has 0 aliphatic carbocycles. The largest absolute Gasteiger partial charge is 0.490 e. The van der Waals surface area contributed by atoms with Gasteiger partial charge in [0.15, 0.2) is 0 Å². The van der Waals surface area contributed by atoms with Gasteiger partial charge in [-0.15, -0.1) is 10.2 Å². The number of carbonyl (C=O) groups excluding carboxylic acids is 1. The van der Waals surface area contributed by atoms with Crippen LogP contribution in [0.5, 0.6) is 0 Å². The number of aromatic nitrogens is 4. The number of alkyl halides is 3. The molecule has 4 aromatic rings. The second-order valence-corrected chi connectivity index (χ2v) is 10.7. The number of hydrogen-bond donors (Lipinski definition) is 2. The number of non-ortho nitro benzene ring substituents is 1. The molecule has 0 unspecified atom stereocenters. The predicted molar refractivity (Wildman–Crippen MR) is 139 cm³/mol. The highest BCUT2D eigenvalue weighted by Crippen LogP contribution is 2.32. The molecule has 0 radical (unpaired) electrons. The van der Waals surface area contributed by atoms with Crippen LogP contribution in [0.1, 0.15) is 36.9 Å². The molecule has 212 valence electrons. The van der Waals surface area contributed by atoms with Crippen LogP contribution >= 0.6 is 22.9 Å². The van der Waals surface area contributed by atoms with Crippen molar-refractivity contribution in [2.75, 3.05) is 0 Å². The average Bonchev–Trinajstić information content (AvgIpc) is 3.49. The molecule has 0 saturated carbocycles. The minimum atomic E-state index is -5.08. The van der Waals surface area contributed by atoms with E-state index >= 15 is 0 Å². The van der Waals surface area contributed by atoms with Gasteiger partial charge in [0.2, 0.25) is 0 Å². The maximum atomic E-state index is 12.2. The molecule has 0 bridgehead atoms. The van der Waals surface area contributed by atoms with E-state index in [-0.39, 0.29) is 12.1 Å². The first-order valence-corrected chi connectivity index (χ1v) is 12.5. The summed E-state index contributed by atoms with van der Waals surface area (Å²) in [5.74, 6) is -3.22. The van der Waals surface area contributed by atoms with Crippen molar-refractivity contribution in [1.29, 1.82) is 0 Å². The number of nitrogens with zero attached hydrogens (tertiary/aromatic N) is 4. The van der Waals surface area contributed by atoms with E-state index in [1.165, 1.54) is 23.5 Å². The molecule has 2 aromatic carbocycles. The third kappa shape index (κ3) is 8.19. The van der Waals surface area contributed by atoms with Gasteiger partial charge in [-0.25, -0.2) is 4.79 Å². The number of halogens is 4. The minimum absolute atomic E-state index is 0.0854. The number of aromatic amines is 1. The smallest absolute Gasteiger partial charge is 0.475 e. The fourth-order valence-electron chi connectivity index (χ4n) is 3.32. The Labute approximate surface area is 233 Å². The number of nitrogens with one attached hydrogen (secondary N) is 1. The van der Waals surface area contributed by atoms with Gasteiger partial charge in [0.25, 0.3) is 5.69 Å². The summed E-state index contributed by atoms with van der Waals surface area (Å²) < 4.78 is 37.1. The molecule has 0 fully saturated rings. The molecule has 11 nitrogen and oxygen atoms in total. The number of hydrogen-bond acceptors (Lipinski definition) is 9. The van der Waals surface area contributed by atoms with Crippen LogP contribution in [-0.4, -0.2) is 54.1 Å². The number of carboxylic acid groups (broad SMARTS) is 1. The van der Waals surface area contributed by atoms with Gasteiger partial charge in [0.05, 0.1) is 28.1 Å². The van der Waals surface area contributed by atoms with E-state index in [1.807, 2.05) is 12.1 Å². The standard InChI is InChI=1S/C22H20ClN5O4S.C2HF3O2/c1-22(2,3)32-19(29)8-12-6-14(9-15(7-12)28(30)31)21-27-26-18(33-21)10-13-4-5-17-16(20(13)23)11-24-25-17;3-2(4,5)1(6)7/h4-7,9,11H,8,10H2,1-3H3,(H,24,25);(H,6,7). The summed E-state index contributed by atoms with van der Waals surface area (Å²) in [6.45, 7) is 5.30. The molecule has 16 heteroatoms. The predicted octanol–water partition coefficient (Wildman–Crippen LogP) is 5.75. The Morgan fingerprint density at radius 2 is 1.85 bits per heavy atom. The molecule has 4 rings (SSSR count). The number of esters is 1. The van der Waals surface area contributed by atoms with E-state index in [2.05, 4.69) is 20.4 Å². The molecule has 0 saturated heterocycles. The molecule has 2 aromatic heterocycles. The van der Waals surface area contributed by atoms with Crippen LogP contribution in [0.4, 0.5) is 18.9 Å². The quantitative estimate of drug-likeness (QED) is 0.160. The third-order valence-electron chi connectivity index (χ3n) is 4.89. The zero-order valence-corrected chi connectivity index (χ0v) is 22.6. The van der Waals surface area contributed by atoms with Crippen LogP contribution < -0.4 is 0 Å². The summed E-state index contributed by atoms with van der Waals surface area (Å²) in [7, 11) is 0. The van der Waals surface area contributed by atoms with Gasteiger partial charge in [-0.05, 0) is 44.0 Å². The molecular weight excluding hydrogens is 579 g/mol. The first-order valence-electron chi connectivity index (χ1n) is 11.3. The van der Waals surface area contributed by atoms with Crippen molar-refractivity contribution in [2.24, 2.45) is 0 Å². The first kappa shape index (κ1) is 30.4. The Morgan fingerprint density at radius 1 is 1.18 bits per heavy atom. The molecule has 40 heavy (non-hydrogen) atoms. The molecule has 2 heterocycles. The zero-order valence-electron chi connectivity index (χ0n) is 21.1. The number of fused-ring (bicyclic) bond motifs is 1. The van der Waals surface area contributed by atoms with Crippen molar-refractivity contribution < 1.29 is 37.5 Å². The summed E-state index contributed by atoms with van der Waals surface area (Å²) in [4.78, 5) is 32.1. The lowest BCUT2D eigenvalue weighted by molar-refractivity contribution is -0.384. The Morgan fingerprint density at radius 3 is 2.45 bits per heavy atom. The highest BCUT2D eigenvalue weighted by molar-refractivity contribution is 7.14. The maximum absolute atomic E-state index is 12.2. The fraction of sp³-hybridized carbons (Fsp3) is 0.292. The van der Waals surface area contributed by atoms with Crippen molar-refractivity contribution in [3.63, 3.8) is 0 Å². The number of nitro groups is 1. The van der Waals surface area contributed by atoms with Gasteiger partial charge in [0.1, 0.15) is 15.6 Å². The minimum Gasteiger partial charge on any atom is -0.475 e. The number of carbonyl (C=O) groups is 2. The van der Waals surface area contributed by atoms with Gasteiger partial charge in [-0.1, -0.05) is 29.0 Å². The van der Waals surface area contributed by atoms with Crippen molar-refractivity contribution >= 4 is 51.5 Å². The summed E-state index contributed by atoms with van der Waals surface area (Å²) in [5.41, 5.74) is 1.93. The van der Waals surface area contributed by atoms with Gasteiger partial charge < -0.3 is 9.84 Å². The number of ether oxygens (including phenoxy) is 1. The second-order valence-electron chi connectivity index (χ2n) is 9.26. The highest BCUT2D eigenvalue weighted by atomic mass is 35.5. The summed E-state index contributed by atoms with van der Waals surface area (Å²) >= 11 is 7.82. The van der Waals surface area contributed by atoms with E-state index in [1.54, 1.807) is 33.0 Å². The van der Waals surface area contributed by atoms with Crippen LogP contribution in [0, 0.1) is 10.1 Å². The first-order chi connectivity index (χ1) is 18.5. The molecule has 0 atom stereocenters. The van der Waals surface area contributed by atoms with Crippen molar-refractivity contribution in [3.05, 3.63) is 67.8 Å². The Kier molecular flexibility index (Phi) is 9.10. The van der Waals surface area contributed by atoms with E-state index in [0.29, 0.717) is 32.6 Å². The monoisotopic (exact) mass is 599 g/mol. The zero-order chi connectivity index (χ0) is 29.8. The van der Waals surface area contributed by atoms with Crippen LogP contribution in [0.25, 0.3) is 21.5 Å². The Balaban J connectivity index is 0.000000559. The average molecular weight is 600 g/mol. The van der Waals surface area contributed by atoms with Crippen molar-refractivity contribution in [1.82, 2.24) is 20.4 Å². The lowest BCUT2D eigenvalue weighted by Crippen LogP contribution is -2.24. The molecule has 2 N–H and O–H groups in total. The highest BCUT2D eigenvalue weighted by Gasteiger charge is 2.38. The molecular formula is C24H21ClF3N5O6S. The van der Waals surface area contributed by atoms with E-state index < -0.39 is 28.6 Å². The Hall–Kier alpha value is -4.11. The normalized spacial score (nSPS) is 11.6. The number of rotatable bonds is 6. The van der Waals surface area contributed by atoms with Crippen LogP contribution in [0.3, 0.4) is 0 Å². The topological polar surface area (TPSA) is 161 Å². The maximum Gasteiger partial charge on any atom is 0.490 e. The van der Waals surface area contributed by atoms with Gasteiger partial charge in [-0.3, -0.25) is 20.0 Å². The lowest BCUT2D eigenvalue weighted by atomic mass is 10.1. The van der Waals surface area contributed by atoms with E-state index in [0.717, 1.165) is 16.5 Å². The lowest BCUT2D eigenvalue weighted by Gasteiger charge is -2.19. The van der Waals surface area contributed by atoms with E-state index in [4.69, 9.17) is 26.2 Å². The Bertz CT molecular complexity index is 1560. The molecule has 0 aliphatic heterocycles. The van der Waals surface area contributed by atoms with Gasteiger partial charge in [-0.2, -0.15) is 18.3 Å². The van der Waals surface area contributed by atoms with Crippen LogP contribution in [-0.2, 0) is 27.2 Å². The number of aliphatic carboxylic acids is 1. The molecule has 0 spiro atoms. The number of benzene rings is 2. The summed E-state index contributed by atoms with van der Waals surface area (Å²) in [6.07, 6.45) is -3.04. The van der Waals surface area contributed by atoms with E-state index in [9.17, 15) is 28.1 Å². The van der Waals surface area contributed by atoms with Crippen molar-refractivity contribution in [2.45, 2.75) is 45.4 Å². The number of H-pyrrole nitrogens is 1. The van der Waals surface area contributed by atoms with Gasteiger partial charge >= 0.3 is 18.1 Å². The molecule has 0 aliphatic rings. The van der Waals surface area contributed by atoms with Crippen molar-refractivity contribution in [3.8, 4) is 10.6 Å². The van der Waals surface area contributed by atoms with Crippen LogP contribution in [0.15, 0.2) is 36.5 Å². The number of carboxylic acids is 1. The van der Waals surface area contributed by atoms with Crippen LogP contribution in [0.2, 0.25) is 5.02 Å². The number of nitro benzene ring substituents is 1. The summed E-state index contributed by atoms with van der Waals surface area (Å²) in [5, 5.41) is 36.5. The third-order valence-corrected chi connectivity index (χ3v) is 6.31. The second kappa shape index (κ2) is 12.0. The molecule has 0 amide bonds. The fourth-order valence-corrected chi connectivity index (χ4v) is 4.45. The SMILES string of the molecule is CC(C)(C)OC(=O)Cc1cc(-c2nnc(Cc3ccc4[nH]ncc4c3Cl)s2)cc([N+](=O)[O-])c1.O=C(O)C(F)(F)F. The summed E-state index contributed by atoms with van der Waals surface area (Å²) in [6, 6.07) is 8.29. The van der Waals surface area contributed by atoms with Gasteiger partial charge in [0, 0.05) is 29.5 Å².